The molecule has 32 heavy (non-hydrogen) atoms. The molecule has 8 bridgehead atoms. The molecule has 0 amide bonds. The van der Waals surface area contributed by atoms with E-state index in [-0.39, 0.29) is 0 Å². The molecule has 0 heteroatoms. The van der Waals surface area contributed by atoms with Crippen molar-refractivity contribution < 1.29 is 0 Å². The van der Waals surface area contributed by atoms with Crippen LogP contribution in [0.2, 0.25) is 0 Å². The van der Waals surface area contributed by atoms with E-state index in [4.69, 9.17) is 0 Å². The van der Waals surface area contributed by atoms with E-state index in [9.17, 15) is 0 Å². The summed E-state index contributed by atoms with van der Waals surface area (Å²) in [5.41, 5.74) is 0. The molecule has 0 spiro atoms. The van der Waals surface area contributed by atoms with Gasteiger partial charge in [0.05, 0.1) is 0 Å². The first-order valence-corrected chi connectivity index (χ1v) is 10.9. The van der Waals surface area contributed by atoms with Crippen LogP contribution in [0, 0.1) is 0 Å². The van der Waals surface area contributed by atoms with Crippen LogP contribution in [0.5, 0.6) is 0 Å². The Hall–Kier alpha value is -4.16. The third-order valence-electron chi connectivity index (χ3n) is 5.62. The summed E-state index contributed by atoms with van der Waals surface area (Å²) in [7, 11) is 0. The highest BCUT2D eigenvalue weighted by molar-refractivity contribution is 5.64. The first-order chi connectivity index (χ1) is 15.8. The van der Waals surface area contributed by atoms with Crippen molar-refractivity contribution in [2.24, 2.45) is 0 Å². The molecule has 0 unspecified atom stereocenters. The van der Waals surface area contributed by atoms with Crippen molar-refractivity contribution in [1.82, 2.24) is 0 Å². The predicted molar refractivity (Wildman–Crippen MR) is 138 cm³/mol. The molecule has 0 atom stereocenters. The van der Waals surface area contributed by atoms with Gasteiger partial charge in [0.2, 0.25) is 0 Å². The van der Waals surface area contributed by atoms with Gasteiger partial charge in [-0.15, -0.1) is 0 Å². The summed E-state index contributed by atoms with van der Waals surface area (Å²) < 4.78 is 0. The summed E-state index contributed by atoms with van der Waals surface area (Å²) >= 11 is 0. The first kappa shape index (κ1) is 19.8. The first-order valence-electron chi connectivity index (χ1n) is 10.9. The lowest BCUT2D eigenvalue weighted by Crippen LogP contribution is -2.10. The van der Waals surface area contributed by atoms with Gasteiger partial charge in [-0.1, -0.05) is 146 Å². The van der Waals surface area contributed by atoms with E-state index in [1.54, 1.807) is 0 Å². The summed E-state index contributed by atoms with van der Waals surface area (Å²) in [6, 6.07) is 34.5. The van der Waals surface area contributed by atoms with Gasteiger partial charge >= 0.3 is 0 Å². The van der Waals surface area contributed by atoms with Crippen molar-refractivity contribution in [3.63, 3.8) is 0 Å². The maximum absolute atomic E-state index is 2.16. The molecule has 0 aliphatic heterocycles. The molecule has 4 aromatic rings. The predicted octanol–water partition coefficient (Wildman–Crippen LogP) is 1.04. The van der Waals surface area contributed by atoms with Crippen LogP contribution in [0.15, 0.2) is 97.1 Å². The monoisotopic (exact) mass is 408 g/mol. The topological polar surface area (TPSA) is 0 Å². The second-order valence-corrected chi connectivity index (χ2v) is 8.00. The number of hydrogen-bond acceptors (Lipinski definition) is 0. The van der Waals surface area contributed by atoms with Crippen molar-refractivity contribution in [3.8, 4) is 0 Å². The standard InChI is InChI=1S/C32H24/c1-2-26-4-3-25(1)17-18-27-5-7-29(8-6-27)21-22-31-13-15-32(16-14-31)24-23-30-11-9-28(10-12-30)20-19-26/h1-24H. The Morgan fingerprint density at radius 3 is 0.344 bits per heavy atom. The van der Waals surface area contributed by atoms with E-state index in [1.165, 1.54) is 41.7 Å². The summed E-state index contributed by atoms with van der Waals surface area (Å²) in [6.07, 6.45) is 17.3. The van der Waals surface area contributed by atoms with E-state index >= 15 is 0 Å². The van der Waals surface area contributed by atoms with E-state index in [1.807, 2.05) is 0 Å². The fourth-order valence-corrected chi connectivity index (χ4v) is 3.64. The van der Waals surface area contributed by atoms with Crippen LogP contribution in [0.25, 0.3) is 48.6 Å². The number of hydrogen-bond donors (Lipinski definition) is 0. The lowest BCUT2D eigenvalue weighted by Gasteiger charge is -1.90. The van der Waals surface area contributed by atoms with Gasteiger partial charge in [-0.3, -0.25) is 0 Å². The molecule has 4 aromatic carbocycles. The minimum absolute atomic E-state index is 1.19. The van der Waals surface area contributed by atoms with Crippen LogP contribution < -0.4 is 41.7 Å². The van der Waals surface area contributed by atoms with E-state index < -0.39 is 0 Å². The zero-order chi connectivity index (χ0) is 21.6. The highest BCUT2D eigenvalue weighted by atomic mass is 13.9. The van der Waals surface area contributed by atoms with Crippen LogP contribution in [-0.2, 0) is 0 Å². The van der Waals surface area contributed by atoms with Gasteiger partial charge in [-0.2, -0.15) is 0 Å². The normalized spacial score (nSPS) is 12.5. The molecule has 0 N–H and O–H groups in total. The third kappa shape index (κ3) is 5.11. The van der Waals surface area contributed by atoms with Crippen LogP contribution in [0.3, 0.4) is 0 Å². The molecule has 0 aromatic heterocycles. The molecule has 152 valence electrons. The minimum atomic E-state index is 1.19. The molecule has 0 fully saturated rings. The van der Waals surface area contributed by atoms with Gasteiger partial charge in [0, 0.05) is 0 Å². The fraction of sp³-hybridized carbons (Fsp3) is 0. The van der Waals surface area contributed by atoms with E-state index in [0.717, 1.165) is 0 Å². The Balaban J connectivity index is 1.67. The molecule has 0 radical (unpaired) electrons. The SMILES string of the molecule is C1=c2ccc(cc2)=CC=c2ccc(cc2)=CC=c2ccc(cc2)=CC=c2ccc(cc2)=C1. The summed E-state index contributed by atoms with van der Waals surface area (Å²) in [6.45, 7) is 0. The Bertz CT molecular complexity index is 1270. The van der Waals surface area contributed by atoms with Crippen LogP contribution in [0.1, 0.15) is 0 Å². The quantitative estimate of drug-likeness (QED) is 0.408. The molecule has 0 saturated heterocycles. The lowest BCUT2D eigenvalue weighted by molar-refractivity contribution is 1.53. The maximum atomic E-state index is 2.16. The van der Waals surface area contributed by atoms with Crippen molar-refractivity contribution >= 4 is 48.6 Å². The Kier molecular flexibility index (Phi) is 5.76. The van der Waals surface area contributed by atoms with Crippen molar-refractivity contribution in [2.75, 3.05) is 0 Å². The number of rotatable bonds is 0. The number of benzene rings is 4. The van der Waals surface area contributed by atoms with Gasteiger partial charge in [0.25, 0.3) is 0 Å². The molecule has 11 rings (SSSR count). The second kappa shape index (κ2) is 9.32. The van der Waals surface area contributed by atoms with Crippen molar-refractivity contribution in [3.05, 3.63) is 139 Å². The second-order valence-electron chi connectivity index (χ2n) is 8.00. The molecule has 7 aliphatic carbocycles. The van der Waals surface area contributed by atoms with Gasteiger partial charge in [0.1, 0.15) is 0 Å². The Labute approximate surface area is 187 Å². The van der Waals surface area contributed by atoms with Crippen molar-refractivity contribution in [1.29, 1.82) is 0 Å². The highest BCUT2D eigenvalue weighted by Gasteiger charge is 1.84. The fourth-order valence-electron chi connectivity index (χ4n) is 3.64. The summed E-state index contributed by atoms with van der Waals surface area (Å²) in [5, 5.41) is 9.56. The highest BCUT2D eigenvalue weighted by Crippen LogP contribution is 1.81. The molecule has 0 heterocycles. The maximum Gasteiger partial charge on any atom is -0.0256 e. The molecular weight excluding hydrogens is 384 g/mol. The lowest BCUT2D eigenvalue weighted by atomic mass is 10.2. The third-order valence-corrected chi connectivity index (χ3v) is 5.62. The zero-order valence-corrected chi connectivity index (χ0v) is 17.9. The minimum Gasteiger partial charge on any atom is -0.0544 e. The molecule has 0 nitrogen and oxygen atoms in total. The smallest absolute Gasteiger partial charge is 0.0256 e. The average Bonchev–Trinajstić information content (AvgIpc) is 2.86. The van der Waals surface area contributed by atoms with Gasteiger partial charge in [-0.25, -0.2) is 0 Å². The largest absolute Gasteiger partial charge is 0.0544 e. The van der Waals surface area contributed by atoms with E-state index in [2.05, 4.69) is 146 Å². The molecule has 7 aliphatic rings. The van der Waals surface area contributed by atoms with Crippen LogP contribution in [0.4, 0.5) is 0 Å². The average molecular weight is 409 g/mol. The Morgan fingerprint density at radius 2 is 0.250 bits per heavy atom. The van der Waals surface area contributed by atoms with Gasteiger partial charge in [-0.05, 0) is 41.7 Å². The van der Waals surface area contributed by atoms with Gasteiger partial charge in [0.15, 0.2) is 0 Å². The zero-order valence-electron chi connectivity index (χ0n) is 17.9. The van der Waals surface area contributed by atoms with Crippen molar-refractivity contribution in [2.45, 2.75) is 0 Å². The molecule has 0 saturated carbocycles. The van der Waals surface area contributed by atoms with E-state index in [0.29, 0.717) is 0 Å². The molecular formula is C32H24. The summed E-state index contributed by atoms with van der Waals surface area (Å²) in [5.74, 6) is 0. The van der Waals surface area contributed by atoms with Crippen LogP contribution in [-0.4, -0.2) is 0 Å². The summed E-state index contributed by atoms with van der Waals surface area (Å²) in [4.78, 5) is 0. The van der Waals surface area contributed by atoms with Gasteiger partial charge < -0.3 is 0 Å². The van der Waals surface area contributed by atoms with Crippen LogP contribution >= 0.6 is 0 Å². The Morgan fingerprint density at radius 1 is 0.156 bits per heavy atom.